The summed E-state index contributed by atoms with van der Waals surface area (Å²) in [6.45, 7) is 1.31. The molecule has 4 rings (SSSR count). The number of hydrogen-bond acceptors (Lipinski definition) is 5. The molecule has 36 heavy (non-hydrogen) atoms. The highest BCUT2D eigenvalue weighted by atomic mass is 35.5. The fourth-order valence-corrected chi connectivity index (χ4v) is 5.91. The van der Waals surface area contributed by atoms with E-state index in [-0.39, 0.29) is 30.2 Å². The number of nitrogens with zero attached hydrogens (tertiary/aromatic N) is 2. The molecule has 186 valence electrons. The fourth-order valence-electron chi connectivity index (χ4n) is 4.11. The fraction of sp³-hybridized carbons (Fsp3) is 0.192. The number of sulfonamides is 1. The van der Waals surface area contributed by atoms with Crippen molar-refractivity contribution in [3.8, 4) is 0 Å². The van der Waals surface area contributed by atoms with E-state index in [1.54, 1.807) is 48.5 Å². The van der Waals surface area contributed by atoms with Crippen LogP contribution in [0.5, 0.6) is 0 Å². The molecule has 1 atom stereocenters. The van der Waals surface area contributed by atoms with Crippen LogP contribution in [0.3, 0.4) is 0 Å². The van der Waals surface area contributed by atoms with Crippen LogP contribution >= 0.6 is 11.6 Å². The Labute approximate surface area is 214 Å². The molecule has 0 radical (unpaired) electrons. The molecule has 3 aromatic carbocycles. The molecule has 1 fully saturated rings. The summed E-state index contributed by atoms with van der Waals surface area (Å²) in [6.07, 6.45) is 0.0134. The molecule has 0 saturated carbocycles. The number of para-hydroxylation sites is 1. The Hall–Kier alpha value is -3.53. The van der Waals surface area contributed by atoms with Crippen molar-refractivity contribution in [3.05, 3.63) is 89.4 Å². The number of amides is 3. The summed E-state index contributed by atoms with van der Waals surface area (Å²) >= 11 is 6.09. The van der Waals surface area contributed by atoms with E-state index in [1.807, 2.05) is 6.07 Å². The molecule has 1 aliphatic rings. The first-order valence-electron chi connectivity index (χ1n) is 11.2. The molecule has 1 N–H and O–H groups in total. The van der Waals surface area contributed by atoms with E-state index in [9.17, 15) is 22.8 Å². The maximum Gasteiger partial charge on any atom is 0.252 e. The summed E-state index contributed by atoms with van der Waals surface area (Å²) < 4.78 is 28.6. The molecular weight excluding hydrogens is 502 g/mol. The van der Waals surface area contributed by atoms with Crippen molar-refractivity contribution in [2.45, 2.75) is 30.7 Å². The van der Waals surface area contributed by atoms with Gasteiger partial charge >= 0.3 is 0 Å². The zero-order valence-corrected chi connectivity index (χ0v) is 21.0. The molecule has 0 bridgehead atoms. The van der Waals surface area contributed by atoms with E-state index >= 15 is 0 Å². The summed E-state index contributed by atoms with van der Waals surface area (Å²) in [7, 11) is -4.18. The Morgan fingerprint density at radius 1 is 1.03 bits per heavy atom. The topological polar surface area (TPSA) is 104 Å². The molecule has 10 heteroatoms. The molecule has 0 aromatic heterocycles. The lowest BCUT2D eigenvalue weighted by Crippen LogP contribution is -2.46. The van der Waals surface area contributed by atoms with Crippen LogP contribution in [-0.4, -0.2) is 43.0 Å². The van der Waals surface area contributed by atoms with Crippen LogP contribution in [0.15, 0.2) is 83.8 Å². The number of carbonyl (C=O) groups is 3. The molecule has 3 aromatic rings. The molecule has 1 heterocycles. The first-order chi connectivity index (χ1) is 17.2. The minimum absolute atomic E-state index is 0.0392. The molecule has 0 spiro atoms. The zero-order valence-electron chi connectivity index (χ0n) is 19.4. The summed E-state index contributed by atoms with van der Waals surface area (Å²) in [6, 6.07) is 19.9. The van der Waals surface area contributed by atoms with Gasteiger partial charge in [0.2, 0.25) is 21.8 Å². The zero-order chi connectivity index (χ0) is 25.9. The van der Waals surface area contributed by atoms with Gasteiger partial charge in [0.15, 0.2) is 0 Å². The summed E-state index contributed by atoms with van der Waals surface area (Å²) in [4.78, 5) is 38.6. The van der Waals surface area contributed by atoms with Gasteiger partial charge in [0.25, 0.3) is 5.91 Å². The van der Waals surface area contributed by atoms with Crippen LogP contribution in [0.25, 0.3) is 0 Å². The quantitative estimate of drug-likeness (QED) is 0.450. The van der Waals surface area contributed by atoms with Gasteiger partial charge in [-0.15, -0.1) is 0 Å². The van der Waals surface area contributed by atoms with Gasteiger partial charge < -0.3 is 5.32 Å². The maximum absolute atomic E-state index is 13.8. The number of carbonyl (C=O) groups excluding carboxylic acids is 3. The Morgan fingerprint density at radius 3 is 2.36 bits per heavy atom. The minimum Gasteiger partial charge on any atom is -0.326 e. The van der Waals surface area contributed by atoms with Crippen LogP contribution in [0.2, 0.25) is 5.02 Å². The van der Waals surface area contributed by atoms with E-state index < -0.39 is 27.9 Å². The second-order valence-electron chi connectivity index (χ2n) is 8.32. The number of imide groups is 1. The van der Waals surface area contributed by atoms with Crippen LogP contribution in [0, 0.1) is 0 Å². The van der Waals surface area contributed by atoms with Gasteiger partial charge in [0.05, 0.1) is 17.0 Å². The smallest absolute Gasteiger partial charge is 0.252 e. The number of halogens is 1. The largest absolute Gasteiger partial charge is 0.326 e. The third-order valence-electron chi connectivity index (χ3n) is 5.78. The summed E-state index contributed by atoms with van der Waals surface area (Å²) in [5.41, 5.74) is 1.62. The van der Waals surface area contributed by atoms with Gasteiger partial charge in [0, 0.05) is 24.2 Å². The van der Waals surface area contributed by atoms with E-state index in [2.05, 4.69) is 5.32 Å². The van der Waals surface area contributed by atoms with Crippen LogP contribution in [0.4, 0.5) is 11.4 Å². The lowest BCUT2D eigenvalue weighted by Gasteiger charge is -2.27. The van der Waals surface area contributed by atoms with E-state index in [0.29, 0.717) is 16.4 Å². The second-order valence-corrected chi connectivity index (χ2v) is 10.7. The Bertz CT molecular complexity index is 1390. The van der Waals surface area contributed by atoms with Crippen LogP contribution in [-0.2, 0) is 30.8 Å². The van der Waals surface area contributed by atoms with Crippen molar-refractivity contribution in [1.82, 2.24) is 4.31 Å². The van der Waals surface area contributed by atoms with E-state index in [1.165, 1.54) is 31.2 Å². The average Bonchev–Trinajstić information content (AvgIpc) is 3.13. The van der Waals surface area contributed by atoms with Crippen LogP contribution in [0.1, 0.15) is 18.9 Å². The predicted octanol–water partition coefficient (Wildman–Crippen LogP) is 3.86. The van der Waals surface area contributed by atoms with Crippen molar-refractivity contribution in [1.29, 1.82) is 0 Å². The molecule has 1 aliphatic heterocycles. The highest BCUT2D eigenvalue weighted by Crippen LogP contribution is 2.30. The lowest BCUT2D eigenvalue weighted by atomic mass is 10.1. The number of hydrogen-bond donors (Lipinski definition) is 1. The Morgan fingerprint density at radius 2 is 1.72 bits per heavy atom. The first-order valence-corrected chi connectivity index (χ1v) is 13.0. The van der Waals surface area contributed by atoms with Crippen molar-refractivity contribution < 1.29 is 22.8 Å². The van der Waals surface area contributed by atoms with E-state index in [0.717, 1.165) is 14.8 Å². The molecule has 1 saturated heterocycles. The van der Waals surface area contributed by atoms with Crippen molar-refractivity contribution in [2.75, 3.05) is 16.8 Å². The van der Waals surface area contributed by atoms with Gasteiger partial charge in [0.1, 0.15) is 6.04 Å². The Kier molecular flexibility index (Phi) is 7.53. The normalized spacial score (nSPS) is 16.0. The highest BCUT2D eigenvalue weighted by Gasteiger charge is 2.46. The van der Waals surface area contributed by atoms with Gasteiger partial charge in [-0.2, -0.15) is 4.31 Å². The molecule has 3 amide bonds. The van der Waals surface area contributed by atoms with Gasteiger partial charge in [-0.1, -0.05) is 41.9 Å². The second kappa shape index (κ2) is 10.6. The standard InChI is InChI=1S/C26H24ClN3O5S/c1-18(31)28-21-10-12-23(13-11-21)36(34,35)29(15-14-19-6-5-7-20(27)16-19)24-17-25(32)30(26(24)33)22-8-3-2-4-9-22/h2-13,16,24H,14-15,17H2,1H3,(H,28,31). The number of nitrogens with one attached hydrogen (secondary N) is 1. The molecule has 0 aliphatic carbocycles. The predicted molar refractivity (Wildman–Crippen MR) is 137 cm³/mol. The van der Waals surface area contributed by atoms with Gasteiger partial charge in [-0.3, -0.25) is 14.4 Å². The summed E-state index contributed by atoms with van der Waals surface area (Å²) in [5, 5.41) is 3.10. The average molecular weight is 526 g/mol. The van der Waals surface area contributed by atoms with Crippen molar-refractivity contribution in [2.24, 2.45) is 0 Å². The minimum atomic E-state index is -4.18. The first kappa shape index (κ1) is 25.6. The SMILES string of the molecule is CC(=O)Nc1ccc(S(=O)(=O)N(CCc2cccc(Cl)c2)C2CC(=O)N(c3ccccc3)C2=O)cc1. The third kappa shape index (κ3) is 5.48. The van der Waals surface area contributed by atoms with Crippen molar-refractivity contribution in [3.63, 3.8) is 0 Å². The molecule has 8 nitrogen and oxygen atoms in total. The Balaban J connectivity index is 1.68. The van der Waals surface area contributed by atoms with Gasteiger partial charge in [-0.05, 0) is 60.5 Å². The molecule has 1 unspecified atom stereocenters. The van der Waals surface area contributed by atoms with Gasteiger partial charge in [-0.25, -0.2) is 13.3 Å². The monoisotopic (exact) mass is 525 g/mol. The molecular formula is C26H24ClN3O5S. The maximum atomic E-state index is 13.8. The number of rotatable bonds is 8. The third-order valence-corrected chi connectivity index (χ3v) is 7.93. The van der Waals surface area contributed by atoms with Crippen molar-refractivity contribution >= 4 is 50.7 Å². The number of benzene rings is 3. The lowest BCUT2D eigenvalue weighted by molar-refractivity contribution is -0.122. The van der Waals surface area contributed by atoms with Crippen LogP contribution < -0.4 is 10.2 Å². The van der Waals surface area contributed by atoms with E-state index in [4.69, 9.17) is 11.6 Å². The summed E-state index contributed by atoms with van der Waals surface area (Å²) in [5.74, 6) is -1.36. The number of anilines is 2. The highest BCUT2D eigenvalue weighted by molar-refractivity contribution is 7.89.